The lowest BCUT2D eigenvalue weighted by Gasteiger charge is -2.41. The van der Waals surface area contributed by atoms with Crippen molar-refractivity contribution in [1.29, 1.82) is 0 Å². The number of amides is 1. The number of hydrogen-bond donors (Lipinski definition) is 0. The van der Waals surface area contributed by atoms with E-state index in [1.54, 1.807) is 0 Å². The lowest BCUT2D eigenvalue weighted by atomic mass is 9.96. The highest BCUT2D eigenvalue weighted by atomic mass is 16.4. The van der Waals surface area contributed by atoms with Gasteiger partial charge in [0.15, 0.2) is 12.2 Å². The van der Waals surface area contributed by atoms with E-state index < -0.39 is 11.9 Å². The van der Waals surface area contributed by atoms with E-state index >= 15 is 0 Å². The fraction of sp³-hybridized carbons (Fsp3) is 0.833. The third-order valence-corrected chi connectivity index (χ3v) is 4.96. The van der Waals surface area contributed by atoms with Crippen molar-refractivity contribution in [1.82, 2.24) is 4.90 Å². The second-order valence-electron chi connectivity index (χ2n) is 5.79. The van der Waals surface area contributed by atoms with Crippen molar-refractivity contribution >= 4 is 11.9 Å². The first kappa shape index (κ1) is 11.0. The maximum Gasteiger partial charge on any atom is 0.285 e. The predicted octanol–water partition coefficient (Wildman–Crippen LogP) is -1.08. The van der Waals surface area contributed by atoms with Gasteiger partial charge in [-0.2, -0.15) is 0 Å². The number of carboxylic acids is 1. The molecular formula is C12H18N2O3. The minimum Gasteiger partial charge on any atom is -0.550 e. The van der Waals surface area contributed by atoms with Crippen molar-refractivity contribution in [2.45, 2.75) is 37.9 Å². The molecular weight excluding hydrogens is 220 g/mol. The molecule has 3 saturated heterocycles. The molecule has 0 spiro atoms. The van der Waals surface area contributed by atoms with Gasteiger partial charge in [0.1, 0.15) is 0 Å². The van der Waals surface area contributed by atoms with E-state index in [9.17, 15) is 14.7 Å². The summed E-state index contributed by atoms with van der Waals surface area (Å²) in [6, 6.07) is 0.0838. The molecule has 4 atom stereocenters. The average Bonchev–Trinajstić information content (AvgIpc) is 2.77. The number of fused-ring (bicyclic) bond motifs is 3. The number of piperidine rings is 1. The fourth-order valence-electron chi connectivity index (χ4n) is 4.00. The molecule has 0 aromatic heterocycles. The Kier molecular flexibility index (Phi) is 2.23. The van der Waals surface area contributed by atoms with Crippen molar-refractivity contribution in [3.8, 4) is 0 Å². The molecule has 3 aliphatic heterocycles. The van der Waals surface area contributed by atoms with Crippen LogP contribution in [-0.2, 0) is 9.59 Å². The van der Waals surface area contributed by atoms with Gasteiger partial charge in [0, 0.05) is 37.7 Å². The number of quaternary nitrogens is 1. The van der Waals surface area contributed by atoms with Gasteiger partial charge >= 0.3 is 0 Å². The fourth-order valence-corrected chi connectivity index (χ4v) is 4.00. The number of carboxylic acid groups (broad SMARTS) is 1. The largest absolute Gasteiger partial charge is 0.550 e. The second kappa shape index (κ2) is 3.45. The highest BCUT2D eigenvalue weighted by Crippen LogP contribution is 2.42. The molecule has 0 unspecified atom stereocenters. The van der Waals surface area contributed by atoms with Gasteiger partial charge in [-0.15, -0.1) is 0 Å². The van der Waals surface area contributed by atoms with E-state index in [1.807, 2.05) is 4.90 Å². The summed E-state index contributed by atoms with van der Waals surface area (Å²) in [7, 11) is 2.15. The van der Waals surface area contributed by atoms with Crippen LogP contribution >= 0.6 is 0 Å². The van der Waals surface area contributed by atoms with Crippen molar-refractivity contribution < 1.29 is 19.2 Å². The molecule has 3 heterocycles. The molecule has 3 rings (SSSR count). The van der Waals surface area contributed by atoms with E-state index in [-0.39, 0.29) is 18.1 Å². The zero-order valence-corrected chi connectivity index (χ0v) is 10.1. The van der Waals surface area contributed by atoms with Crippen LogP contribution in [0.1, 0.15) is 25.7 Å². The molecule has 94 valence electrons. The normalized spacial score (nSPS) is 44.6. The number of hydrogen-bond acceptors (Lipinski definition) is 3. The second-order valence-corrected chi connectivity index (χ2v) is 5.79. The van der Waals surface area contributed by atoms with Crippen LogP contribution in [0.5, 0.6) is 0 Å². The first-order chi connectivity index (χ1) is 8.04. The summed E-state index contributed by atoms with van der Waals surface area (Å²) < 4.78 is 0.818. The zero-order valence-electron chi connectivity index (χ0n) is 10.1. The Morgan fingerprint density at radius 3 is 2.88 bits per heavy atom. The maximum absolute atomic E-state index is 12.3. The zero-order chi connectivity index (χ0) is 12.2. The van der Waals surface area contributed by atoms with Crippen LogP contribution in [0.15, 0.2) is 0 Å². The van der Waals surface area contributed by atoms with Crippen molar-refractivity contribution in [2.75, 3.05) is 20.1 Å². The number of carbonyl (C=O) groups excluding carboxylic acids is 2. The molecule has 0 aromatic carbocycles. The van der Waals surface area contributed by atoms with Crippen LogP contribution in [0.25, 0.3) is 0 Å². The summed E-state index contributed by atoms with van der Waals surface area (Å²) in [5.74, 6) is -1.31. The van der Waals surface area contributed by atoms with E-state index in [2.05, 4.69) is 7.05 Å². The molecule has 0 bridgehead atoms. The monoisotopic (exact) mass is 238 g/mol. The highest BCUT2D eigenvalue weighted by molar-refractivity contribution is 5.83. The predicted molar refractivity (Wildman–Crippen MR) is 57.3 cm³/mol. The molecule has 3 aliphatic rings. The summed E-state index contributed by atoms with van der Waals surface area (Å²) in [6.45, 7) is 1.41. The molecule has 5 heteroatoms. The summed E-state index contributed by atoms with van der Waals surface area (Å²) >= 11 is 0. The van der Waals surface area contributed by atoms with Crippen LogP contribution in [0.3, 0.4) is 0 Å². The molecule has 0 saturated carbocycles. The van der Waals surface area contributed by atoms with E-state index in [0.717, 1.165) is 30.3 Å². The lowest BCUT2D eigenvalue weighted by molar-refractivity contribution is -0.935. The number of aliphatic carboxylic acids is 1. The molecule has 1 amide bonds. The molecule has 5 nitrogen and oxygen atoms in total. The van der Waals surface area contributed by atoms with Gasteiger partial charge in [-0.25, -0.2) is 0 Å². The average molecular weight is 238 g/mol. The molecule has 0 radical (unpaired) electrons. The van der Waals surface area contributed by atoms with Gasteiger partial charge in [0.2, 0.25) is 0 Å². The van der Waals surface area contributed by atoms with E-state index in [0.29, 0.717) is 13.0 Å². The topological polar surface area (TPSA) is 60.4 Å². The van der Waals surface area contributed by atoms with Crippen LogP contribution in [0.2, 0.25) is 0 Å². The molecule has 3 fully saturated rings. The summed E-state index contributed by atoms with van der Waals surface area (Å²) in [6.07, 6.45) is 3.74. The Balaban J connectivity index is 1.87. The third kappa shape index (κ3) is 1.35. The quantitative estimate of drug-likeness (QED) is 0.546. The van der Waals surface area contributed by atoms with Gasteiger partial charge in [0.05, 0.1) is 13.6 Å². The van der Waals surface area contributed by atoms with Crippen LogP contribution < -0.4 is 5.11 Å². The minimum atomic E-state index is -1.01. The molecule has 0 aromatic rings. The summed E-state index contributed by atoms with van der Waals surface area (Å²) in [5.41, 5.74) is 0. The molecule has 0 aliphatic carbocycles. The standard InChI is InChI=1S/C12H18N2O3/c1-14-6-2-3-9(14)11(15)13-7-8(12(16)17)4-5-10(13)14/h8-10H,2-7H2,1H3/t8-,9+,10-,14+/m1/s1. The van der Waals surface area contributed by atoms with Crippen molar-refractivity contribution in [3.63, 3.8) is 0 Å². The SMILES string of the molecule is C[N@+]12CCC[C@H]1C(=O)N1C[C@H](C(=O)[O-])CC[C@H]12. The van der Waals surface area contributed by atoms with E-state index in [1.165, 1.54) is 0 Å². The van der Waals surface area contributed by atoms with Crippen molar-refractivity contribution in [2.24, 2.45) is 5.92 Å². The lowest BCUT2D eigenvalue weighted by Crippen LogP contribution is -2.56. The van der Waals surface area contributed by atoms with E-state index in [4.69, 9.17) is 0 Å². The number of rotatable bonds is 1. The first-order valence-corrected chi connectivity index (χ1v) is 6.40. The Morgan fingerprint density at radius 2 is 2.18 bits per heavy atom. The maximum atomic E-state index is 12.3. The van der Waals surface area contributed by atoms with Gasteiger partial charge in [-0.1, -0.05) is 0 Å². The Bertz CT molecular complexity index is 384. The van der Waals surface area contributed by atoms with Gasteiger partial charge in [-0.05, 0) is 6.42 Å². The Labute approximate surface area is 101 Å². The van der Waals surface area contributed by atoms with Crippen LogP contribution in [0, 0.1) is 5.92 Å². The van der Waals surface area contributed by atoms with Gasteiger partial charge < -0.3 is 9.90 Å². The van der Waals surface area contributed by atoms with Crippen molar-refractivity contribution in [3.05, 3.63) is 0 Å². The summed E-state index contributed by atoms with van der Waals surface area (Å²) in [5, 5.41) is 10.9. The van der Waals surface area contributed by atoms with Crippen LogP contribution in [-0.4, -0.2) is 53.6 Å². The molecule has 0 N–H and O–H groups in total. The summed E-state index contributed by atoms with van der Waals surface area (Å²) in [4.78, 5) is 25.0. The van der Waals surface area contributed by atoms with Gasteiger partial charge in [-0.3, -0.25) is 14.2 Å². The highest BCUT2D eigenvalue weighted by Gasteiger charge is 2.60. The first-order valence-electron chi connectivity index (χ1n) is 6.40. The number of likely N-dealkylation sites (N-methyl/N-ethyl adjacent to an activating group) is 1. The minimum absolute atomic E-state index is 0.0838. The Morgan fingerprint density at radius 1 is 1.41 bits per heavy atom. The van der Waals surface area contributed by atoms with Crippen LogP contribution in [0.4, 0.5) is 0 Å². The molecule has 17 heavy (non-hydrogen) atoms. The third-order valence-electron chi connectivity index (χ3n) is 4.96. The van der Waals surface area contributed by atoms with Gasteiger partial charge in [0.25, 0.3) is 5.91 Å². The number of carbonyl (C=O) groups is 2. The Hall–Kier alpha value is -1.10. The number of nitrogens with zero attached hydrogens (tertiary/aromatic N) is 2. The smallest absolute Gasteiger partial charge is 0.285 e.